The number of nitrogens with one attached hydrogen (secondary N) is 1. The molecule has 0 aromatic rings. The van der Waals surface area contributed by atoms with E-state index in [2.05, 4.69) is 36.5 Å². The quantitative estimate of drug-likeness (QED) is 0.566. The molecule has 0 radical (unpaired) electrons. The highest BCUT2D eigenvalue weighted by atomic mass is 32.2. The first kappa shape index (κ1) is 6.50. The van der Waals surface area contributed by atoms with Crippen molar-refractivity contribution < 1.29 is 0 Å². The summed E-state index contributed by atoms with van der Waals surface area (Å²) >= 11 is 2.00. The molecule has 2 aliphatic rings. The van der Waals surface area contributed by atoms with Gasteiger partial charge in [0.15, 0.2) is 0 Å². The minimum Gasteiger partial charge on any atom is -0.298 e. The predicted molar refractivity (Wildman–Crippen MR) is 46.0 cm³/mol. The van der Waals surface area contributed by atoms with E-state index in [1.54, 1.807) is 0 Å². The molecule has 1 N–H and O–H groups in total. The summed E-state index contributed by atoms with van der Waals surface area (Å²) < 4.78 is 0. The van der Waals surface area contributed by atoms with Crippen molar-refractivity contribution in [1.82, 2.24) is 5.32 Å². The Morgan fingerprint density at radius 3 is 2.90 bits per heavy atom. The normalized spacial score (nSPS) is 43.9. The van der Waals surface area contributed by atoms with Crippen LogP contribution < -0.4 is 5.32 Å². The van der Waals surface area contributed by atoms with Gasteiger partial charge in [-0.15, -0.1) is 11.8 Å². The molecule has 1 fully saturated rings. The molecule has 0 spiro atoms. The molecule has 2 rings (SSSR count). The second kappa shape index (κ2) is 2.44. The first-order valence-electron chi connectivity index (χ1n) is 3.63. The Labute approximate surface area is 65.6 Å². The molecule has 3 unspecified atom stereocenters. The number of rotatable bonds is 0. The minimum atomic E-state index is 0.588. The molecular formula is C8H11NS. The average Bonchev–Trinajstić information content (AvgIpc) is 2.27. The van der Waals surface area contributed by atoms with Gasteiger partial charge in [-0.1, -0.05) is 24.3 Å². The van der Waals surface area contributed by atoms with Crippen molar-refractivity contribution in [3.63, 3.8) is 0 Å². The van der Waals surface area contributed by atoms with E-state index in [4.69, 9.17) is 0 Å². The van der Waals surface area contributed by atoms with Gasteiger partial charge < -0.3 is 0 Å². The molecule has 0 aromatic carbocycles. The van der Waals surface area contributed by atoms with Crippen LogP contribution in [0.25, 0.3) is 0 Å². The first-order chi connectivity index (χ1) is 4.86. The summed E-state index contributed by atoms with van der Waals surface area (Å²) in [5.74, 6) is 0. The number of fused-ring (bicyclic) bond motifs is 1. The van der Waals surface area contributed by atoms with E-state index in [-0.39, 0.29) is 0 Å². The number of thioether (sulfide) groups is 1. The second-order valence-corrected chi connectivity index (χ2v) is 4.23. The van der Waals surface area contributed by atoms with Crippen molar-refractivity contribution in [2.24, 2.45) is 0 Å². The standard InChI is InChI=1S/C8H11NS/c1-6-9-7-4-2-3-5-8(7)10-6/h2-9H,1H3. The minimum absolute atomic E-state index is 0.588. The summed E-state index contributed by atoms with van der Waals surface area (Å²) in [5.41, 5.74) is 0. The molecule has 10 heavy (non-hydrogen) atoms. The van der Waals surface area contributed by atoms with Gasteiger partial charge >= 0.3 is 0 Å². The first-order valence-corrected chi connectivity index (χ1v) is 4.57. The molecule has 1 nitrogen and oxygen atoms in total. The summed E-state index contributed by atoms with van der Waals surface area (Å²) in [5, 5.41) is 4.77. The molecule has 1 saturated heterocycles. The topological polar surface area (TPSA) is 12.0 Å². The number of hydrogen-bond acceptors (Lipinski definition) is 2. The van der Waals surface area contributed by atoms with Crippen LogP contribution in [0.3, 0.4) is 0 Å². The summed E-state index contributed by atoms with van der Waals surface area (Å²) in [4.78, 5) is 0. The largest absolute Gasteiger partial charge is 0.298 e. The molecule has 2 heteroatoms. The molecule has 0 amide bonds. The number of hydrogen-bond donors (Lipinski definition) is 1. The van der Waals surface area contributed by atoms with E-state index in [0.717, 1.165) is 0 Å². The molecule has 54 valence electrons. The van der Waals surface area contributed by atoms with Crippen LogP contribution in [0, 0.1) is 0 Å². The third kappa shape index (κ3) is 1.02. The zero-order valence-corrected chi connectivity index (χ0v) is 6.77. The van der Waals surface area contributed by atoms with Gasteiger partial charge in [0.2, 0.25) is 0 Å². The van der Waals surface area contributed by atoms with Gasteiger partial charge in [0.1, 0.15) is 0 Å². The van der Waals surface area contributed by atoms with Gasteiger partial charge in [0.25, 0.3) is 0 Å². The molecule has 0 saturated carbocycles. The Kier molecular flexibility index (Phi) is 1.58. The lowest BCUT2D eigenvalue weighted by molar-refractivity contribution is 0.640. The summed E-state index contributed by atoms with van der Waals surface area (Å²) in [7, 11) is 0. The highest BCUT2D eigenvalue weighted by Gasteiger charge is 2.28. The van der Waals surface area contributed by atoms with Crippen LogP contribution in [0.4, 0.5) is 0 Å². The van der Waals surface area contributed by atoms with Crippen molar-refractivity contribution in [2.75, 3.05) is 0 Å². The molecule has 1 aliphatic carbocycles. The highest BCUT2D eigenvalue weighted by molar-refractivity contribution is 8.00. The van der Waals surface area contributed by atoms with Crippen LogP contribution in [0.5, 0.6) is 0 Å². The summed E-state index contributed by atoms with van der Waals surface area (Å²) in [6.07, 6.45) is 8.76. The summed E-state index contributed by atoms with van der Waals surface area (Å²) in [6, 6.07) is 0.588. The van der Waals surface area contributed by atoms with Gasteiger partial charge in [0.05, 0.1) is 5.37 Å². The van der Waals surface area contributed by atoms with Gasteiger partial charge in [-0.2, -0.15) is 0 Å². The smallest absolute Gasteiger partial charge is 0.0515 e. The Balaban J connectivity index is 2.14. The fraction of sp³-hybridized carbons (Fsp3) is 0.500. The van der Waals surface area contributed by atoms with E-state index >= 15 is 0 Å². The number of allylic oxidation sites excluding steroid dienone is 2. The van der Waals surface area contributed by atoms with Gasteiger partial charge in [-0.05, 0) is 6.92 Å². The Morgan fingerprint density at radius 1 is 1.30 bits per heavy atom. The average molecular weight is 153 g/mol. The molecule has 3 atom stereocenters. The SMILES string of the molecule is CC1NC2C=CC=CC2S1. The summed E-state index contributed by atoms with van der Waals surface area (Å²) in [6.45, 7) is 2.21. The zero-order chi connectivity index (χ0) is 6.97. The Morgan fingerprint density at radius 2 is 2.10 bits per heavy atom. The lowest BCUT2D eigenvalue weighted by atomic mass is 10.1. The maximum absolute atomic E-state index is 3.48. The fourth-order valence-corrected chi connectivity index (χ4v) is 2.64. The van der Waals surface area contributed by atoms with Crippen molar-refractivity contribution in [3.05, 3.63) is 24.3 Å². The highest BCUT2D eigenvalue weighted by Crippen LogP contribution is 2.30. The third-order valence-electron chi connectivity index (χ3n) is 1.87. The van der Waals surface area contributed by atoms with Crippen LogP contribution in [0.15, 0.2) is 24.3 Å². The van der Waals surface area contributed by atoms with Crippen LogP contribution in [-0.2, 0) is 0 Å². The maximum Gasteiger partial charge on any atom is 0.0515 e. The van der Waals surface area contributed by atoms with Gasteiger partial charge in [-0.3, -0.25) is 5.32 Å². The van der Waals surface area contributed by atoms with Crippen LogP contribution >= 0.6 is 11.8 Å². The monoisotopic (exact) mass is 153 g/mol. The van der Waals surface area contributed by atoms with Crippen molar-refractivity contribution in [2.45, 2.75) is 23.6 Å². The van der Waals surface area contributed by atoms with E-state index in [1.165, 1.54) is 0 Å². The molecular weight excluding hydrogens is 142 g/mol. The Hall–Kier alpha value is -0.210. The molecule has 0 aromatic heterocycles. The van der Waals surface area contributed by atoms with Crippen molar-refractivity contribution in [3.8, 4) is 0 Å². The van der Waals surface area contributed by atoms with Crippen LogP contribution in [-0.4, -0.2) is 16.7 Å². The second-order valence-electron chi connectivity index (χ2n) is 2.71. The van der Waals surface area contributed by atoms with E-state index in [9.17, 15) is 0 Å². The zero-order valence-electron chi connectivity index (χ0n) is 5.95. The molecule has 1 aliphatic heterocycles. The van der Waals surface area contributed by atoms with Gasteiger partial charge in [0, 0.05) is 11.3 Å². The van der Waals surface area contributed by atoms with Gasteiger partial charge in [-0.25, -0.2) is 0 Å². The van der Waals surface area contributed by atoms with E-state index in [1.807, 2.05) is 11.8 Å². The lowest BCUT2D eigenvalue weighted by Crippen LogP contribution is -2.30. The van der Waals surface area contributed by atoms with Crippen molar-refractivity contribution >= 4 is 11.8 Å². The van der Waals surface area contributed by atoms with Crippen LogP contribution in [0.1, 0.15) is 6.92 Å². The third-order valence-corrected chi connectivity index (χ3v) is 3.18. The van der Waals surface area contributed by atoms with E-state index in [0.29, 0.717) is 16.7 Å². The van der Waals surface area contributed by atoms with Crippen molar-refractivity contribution in [1.29, 1.82) is 0 Å². The van der Waals surface area contributed by atoms with Crippen LogP contribution in [0.2, 0.25) is 0 Å². The maximum atomic E-state index is 3.48. The lowest BCUT2D eigenvalue weighted by Gasteiger charge is -2.12. The Bertz CT molecular complexity index is 166. The molecule has 0 bridgehead atoms. The van der Waals surface area contributed by atoms with E-state index < -0.39 is 0 Å². The predicted octanol–water partition coefficient (Wildman–Crippen LogP) is 1.53. The molecule has 1 heterocycles. The fourth-order valence-electron chi connectivity index (χ4n) is 1.41.